The van der Waals surface area contributed by atoms with Gasteiger partial charge in [0.05, 0.1) is 19.9 Å². The average molecular weight is 338 g/mol. The number of benzene rings is 1. The lowest BCUT2D eigenvalue weighted by atomic mass is 10.1. The molecule has 0 saturated carbocycles. The van der Waals surface area contributed by atoms with E-state index in [1.165, 1.54) is 6.07 Å². The molecule has 0 aliphatic heterocycles. The van der Waals surface area contributed by atoms with Gasteiger partial charge in [-0.05, 0) is 39.5 Å². The Hall–Kier alpha value is -0.780. The van der Waals surface area contributed by atoms with E-state index in [0.717, 1.165) is 23.5 Å². The van der Waals surface area contributed by atoms with Gasteiger partial charge in [0.15, 0.2) is 0 Å². The van der Waals surface area contributed by atoms with Crippen LogP contribution in [0.5, 0.6) is 0 Å². The smallest absolute Gasteiger partial charge is 0.207 e. The summed E-state index contributed by atoms with van der Waals surface area (Å²) in [5, 5.41) is 1.85. The summed E-state index contributed by atoms with van der Waals surface area (Å²) < 4.78 is 26.8. The van der Waals surface area contributed by atoms with E-state index in [-0.39, 0.29) is 19.9 Å². The Morgan fingerprint density at radius 1 is 1.29 bits per heavy atom. The molecule has 0 saturated heterocycles. The zero-order valence-corrected chi connectivity index (χ0v) is 11.3. The first-order chi connectivity index (χ1) is 8.00. The number of hydrogen-bond donors (Lipinski definition) is 0. The number of thiophene rings is 1. The van der Waals surface area contributed by atoms with Crippen molar-refractivity contribution in [3.63, 3.8) is 0 Å². The molecule has 0 amide bonds. The largest absolute Gasteiger partial charge is 0.288 e. The maximum absolute atomic E-state index is 13.5. The molecular weight excluding hydrogens is 334 g/mol. The molecule has 0 unspecified atom stereocenters. The second kappa shape index (κ2) is 4.84. The minimum atomic E-state index is -0.784. The maximum atomic E-state index is 13.5. The molecular formula is C11H4BrClF2OS. The fraction of sp³-hybridized carbons (Fsp3) is 0. The molecule has 1 nitrogen and oxygen atoms in total. The van der Waals surface area contributed by atoms with Crippen molar-refractivity contribution < 1.29 is 13.6 Å². The zero-order chi connectivity index (χ0) is 12.6. The summed E-state index contributed by atoms with van der Waals surface area (Å²) >= 11 is 9.70. The minimum Gasteiger partial charge on any atom is -0.288 e. The van der Waals surface area contributed by atoms with E-state index in [2.05, 4.69) is 15.9 Å². The number of halogens is 4. The van der Waals surface area contributed by atoms with Crippen molar-refractivity contribution in [2.24, 2.45) is 0 Å². The third-order valence-electron chi connectivity index (χ3n) is 2.08. The molecule has 2 rings (SSSR count). The minimum absolute atomic E-state index is 0.0242. The van der Waals surface area contributed by atoms with Gasteiger partial charge < -0.3 is 0 Å². The lowest BCUT2D eigenvalue weighted by Gasteiger charge is -2.03. The van der Waals surface area contributed by atoms with Crippen LogP contribution in [0.25, 0.3) is 0 Å². The number of rotatable bonds is 2. The van der Waals surface area contributed by atoms with E-state index in [0.29, 0.717) is 0 Å². The molecule has 88 valence electrons. The zero-order valence-electron chi connectivity index (χ0n) is 8.14. The second-order valence-corrected chi connectivity index (χ2v) is 5.35. The van der Waals surface area contributed by atoms with E-state index in [1.807, 2.05) is 0 Å². The fourth-order valence-corrected chi connectivity index (χ4v) is 2.69. The average Bonchev–Trinajstić information content (AvgIpc) is 2.69. The van der Waals surface area contributed by atoms with Crippen molar-refractivity contribution >= 4 is 44.7 Å². The van der Waals surface area contributed by atoms with Crippen LogP contribution in [0.4, 0.5) is 8.78 Å². The van der Waals surface area contributed by atoms with E-state index in [4.69, 9.17) is 11.6 Å². The summed E-state index contributed by atoms with van der Waals surface area (Å²) in [6.45, 7) is 0. The summed E-state index contributed by atoms with van der Waals surface area (Å²) in [6, 6.07) is 3.31. The predicted octanol–water partition coefficient (Wildman–Crippen LogP) is 4.67. The van der Waals surface area contributed by atoms with Gasteiger partial charge in [-0.25, -0.2) is 8.78 Å². The normalized spacial score (nSPS) is 10.6. The lowest BCUT2D eigenvalue weighted by Crippen LogP contribution is -2.04. The predicted molar refractivity (Wildman–Crippen MR) is 66.8 cm³/mol. The van der Waals surface area contributed by atoms with Crippen LogP contribution in [0.1, 0.15) is 15.2 Å². The van der Waals surface area contributed by atoms with Gasteiger partial charge >= 0.3 is 0 Å². The first-order valence-electron chi connectivity index (χ1n) is 4.43. The van der Waals surface area contributed by atoms with Crippen molar-refractivity contribution in [2.45, 2.75) is 0 Å². The Bertz CT molecular complexity index is 597. The molecule has 0 aliphatic carbocycles. The maximum Gasteiger partial charge on any atom is 0.207 e. The van der Waals surface area contributed by atoms with Crippen LogP contribution in [-0.2, 0) is 0 Å². The molecule has 0 radical (unpaired) electrons. The Morgan fingerprint density at radius 3 is 2.59 bits per heavy atom. The first kappa shape index (κ1) is 12.7. The summed E-state index contributed by atoms with van der Waals surface area (Å²) in [7, 11) is 0. The molecule has 6 heteroatoms. The second-order valence-electron chi connectivity index (χ2n) is 3.17. The summed E-state index contributed by atoms with van der Waals surface area (Å²) in [5.41, 5.74) is -0.324. The van der Waals surface area contributed by atoms with Crippen LogP contribution in [-0.4, -0.2) is 5.78 Å². The summed E-state index contributed by atoms with van der Waals surface area (Å²) in [5.74, 6) is -2.09. The van der Waals surface area contributed by atoms with E-state index in [9.17, 15) is 13.6 Å². The highest BCUT2D eigenvalue weighted by atomic mass is 79.9. The van der Waals surface area contributed by atoms with Gasteiger partial charge in [-0.3, -0.25) is 4.79 Å². The highest BCUT2D eigenvalue weighted by Crippen LogP contribution is 2.28. The molecule has 1 aromatic heterocycles. The highest BCUT2D eigenvalue weighted by molar-refractivity contribution is 9.10. The SMILES string of the molecule is O=C(c1cc(F)c(Br)cc1F)c1sccc1Cl. The van der Waals surface area contributed by atoms with Crippen LogP contribution in [0.2, 0.25) is 5.02 Å². The molecule has 1 heterocycles. The van der Waals surface area contributed by atoms with Crippen molar-refractivity contribution in [2.75, 3.05) is 0 Å². The number of hydrogen-bond acceptors (Lipinski definition) is 2. The third kappa shape index (κ3) is 2.41. The molecule has 0 atom stereocenters. The van der Waals surface area contributed by atoms with Crippen LogP contribution in [0, 0.1) is 11.6 Å². The van der Waals surface area contributed by atoms with Gasteiger partial charge in [0.25, 0.3) is 0 Å². The molecule has 0 spiro atoms. The molecule has 2 aromatic rings. The molecule has 0 aliphatic rings. The number of carbonyl (C=O) groups is 1. The number of ketones is 1. The Labute approximate surface area is 113 Å². The van der Waals surface area contributed by atoms with Crippen LogP contribution < -0.4 is 0 Å². The quantitative estimate of drug-likeness (QED) is 0.575. The standard InChI is InChI=1S/C11H4BrClF2OS/c12-6-4-8(14)5(3-9(6)15)10(16)11-7(13)1-2-17-11/h1-4H. The fourth-order valence-electron chi connectivity index (χ4n) is 1.27. The highest BCUT2D eigenvalue weighted by Gasteiger charge is 2.20. The van der Waals surface area contributed by atoms with E-state index in [1.54, 1.807) is 5.38 Å². The van der Waals surface area contributed by atoms with Gasteiger partial charge in [0, 0.05) is 0 Å². The molecule has 0 N–H and O–H groups in total. The summed E-state index contributed by atoms with van der Waals surface area (Å²) in [4.78, 5) is 12.1. The first-order valence-corrected chi connectivity index (χ1v) is 6.48. The third-order valence-corrected chi connectivity index (χ3v) is 4.03. The lowest BCUT2D eigenvalue weighted by molar-refractivity contribution is 0.103. The summed E-state index contributed by atoms with van der Waals surface area (Å²) in [6.07, 6.45) is 0. The van der Waals surface area contributed by atoms with Crippen molar-refractivity contribution in [1.29, 1.82) is 0 Å². The van der Waals surface area contributed by atoms with Crippen LogP contribution in [0.3, 0.4) is 0 Å². The van der Waals surface area contributed by atoms with Crippen LogP contribution >= 0.6 is 38.9 Å². The number of carbonyl (C=O) groups excluding carboxylic acids is 1. The van der Waals surface area contributed by atoms with Gasteiger partial charge in [-0.15, -0.1) is 11.3 Å². The molecule has 1 aromatic carbocycles. The van der Waals surface area contributed by atoms with Crippen LogP contribution in [0.15, 0.2) is 28.1 Å². The van der Waals surface area contributed by atoms with Gasteiger partial charge in [-0.2, -0.15) is 0 Å². The topological polar surface area (TPSA) is 17.1 Å². The van der Waals surface area contributed by atoms with Crippen molar-refractivity contribution in [3.05, 3.63) is 55.1 Å². The van der Waals surface area contributed by atoms with Crippen molar-refractivity contribution in [1.82, 2.24) is 0 Å². The molecule has 17 heavy (non-hydrogen) atoms. The van der Waals surface area contributed by atoms with Gasteiger partial charge in [0.1, 0.15) is 11.6 Å². The van der Waals surface area contributed by atoms with Gasteiger partial charge in [-0.1, -0.05) is 11.6 Å². The Balaban J connectivity index is 2.52. The van der Waals surface area contributed by atoms with Gasteiger partial charge in [0.2, 0.25) is 5.78 Å². The van der Waals surface area contributed by atoms with E-state index >= 15 is 0 Å². The Morgan fingerprint density at radius 2 is 2.00 bits per heavy atom. The molecule has 0 fully saturated rings. The monoisotopic (exact) mass is 336 g/mol. The molecule has 0 bridgehead atoms. The van der Waals surface area contributed by atoms with E-state index < -0.39 is 17.4 Å². The van der Waals surface area contributed by atoms with Crippen molar-refractivity contribution in [3.8, 4) is 0 Å². The Kier molecular flexibility index (Phi) is 3.61.